The number of esters is 1. The fourth-order valence-corrected chi connectivity index (χ4v) is 2.84. The van der Waals surface area contributed by atoms with E-state index in [9.17, 15) is 9.59 Å². The summed E-state index contributed by atoms with van der Waals surface area (Å²) in [5.74, 6) is -0.355. The lowest BCUT2D eigenvalue weighted by atomic mass is 10.1. The molecule has 0 unspecified atom stereocenters. The Bertz CT molecular complexity index is 581. The van der Waals surface area contributed by atoms with Gasteiger partial charge in [-0.1, -0.05) is 29.8 Å². The van der Waals surface area contributed by atoms with Crippen LogP contribution in [0.1, 0.15) is 36.0 Å². The van der Waals surface area contributed by atoms with E-state index in [1.165, 1.54) is 0 Å². The lowest BCUT2D eigenvalue weighted by Crippen LogP contribution is -2.22. The molecule has 1 aromatic rings. The second kappa shape index (κ2) is 7.25. The summed E-state index contributed by atoms with van der Waals surface area (Å²) >= 11 is 0. The average Bonchev–Trinajstić information content (AvgIpc) is 2.93. The molecule has 1 aliphatic carbocycles. The Kier molecular flexibility index (Phi) is 5.36. The van der Waals surface area contributed by atoms with E-state index in [4.69, 9.17) is 4.74 Å². The van der Waals surface area contributed by atoms with E-state index in [0.29, 0.717) is 6.42 Å². The third kappa shape index (κ3) is 4.45. The molecule has 0 bridgehead atoms. The zero-order valence-electron chi connectivity index (χ0n) is 13.4. The largest absolute Gasteiger partial charge is 0.456 e. The number of anilines is 1. The number of rotatable bonds is 5. The van der Waals surface area contributed by atoms with E-state index < -0.39 is 0 Å². The lowest BCUT2D eigenvalue weighted by Gasteiger charge is -2.13. The van der Waals surface area contributed by atoms with Crippen molar-refractivity contribution in [2.75, 3.05) is 11.9 Å². The van der Waals surface area contributed by atoms with Gasteiger partial charge in [-0.25, -0.2) is 0 Å². The number of benzene rings is 1. The number of carbonyl (C=O) groups excluding carboxylic acids is 2. The number of carbonyl (C=O) groups is 2. The first-order valence-electron chi connectivity index (χ1n) is 7.65. The monoisotopic (exact) mass is 301 g/mol. The zero-order valence-corrected chi connectivity index (χ0v) is 13.4. The molecule has 0 aliphatic heterocycles. The molecule has 0 spiro atoms. The molecule has 4 nitrogen and oxygen atoms in total. The molecule has 0 radical (unpaired) electrons. The Hall–Kier alpha value is -2.10. The predicted octanol–water partition coefficient (Wildman–Crippen LogP) is 3.45. The molecule has 0 saturated heterocycles. The van der Waals surface area contributed by atoms with E-state index in [-0.39, 0.29) is 24.4 Å². The van der Waals surface area contributed by atoms with E-state index in [2.05, 4.69) is 11.4 Å². The first-order chi connectivity index (χ1) is 10.5. The van der Waals surface area contributed by atoms with Crippen LogP contribution in [0.25, 0.3) is 0 Å². The number of ether oxygens (including phenoxy) is 1. The molecule has 1 aromatic carbocycles. The van der Waals surface area contributed by atoms with Gasteiger partial charge in [-0.15, -0.1) is 0 Å². The smallest absolute Gasteiger partial charge is 0.306 e. The van der Waals surface area contributed by atoms with Crippen molar-refractivity contribution in [1.29, 1.82) is 0 Å². The fraction of sp³-hybridized carbons (Fsp3) is 0.444. The van der Waals surface area contributed by atoms with Gasteiger partial charge < -0.3 is 10.1 Å². The minimum atomic E-state index is -0.316. The minimum Gasteiger partial charge on any atom is -0.456 e. The van der Waals surface area contributed by atoms with Crippen molar-refractivity contribution >= 4 is 17.6 Å². The van der Waals surface area contributed by atoms with Crippen LogP contribution in [0.15, 0.2) is 24.3 Å². The maximum Gasteiger partial charge on any atom is 0.306 e. The third-order valence-electron chi connectivity index (χ3n) is 3.85. The maximum absolute atomic E-state index is 11.9. The Morgan fingerprint density at radius 1 is 1.23 bits per heavy atom. The zero-order chi connectivity index (χ0) is 16.1. The third-order valence-corrected chi connectivity index (χ3v) is 3.85. The Labute approximate surface area is 131 Å². The number of hydrogen-bond donors (Lipinski definition) is 1. The number of aryl methyl sites for hydroxylation is 3. The van der Waals surface area contributed by atoms with Crippen LogP contribution in [0.4, 0.5) is 5.69 Å². The average molecular weight is 301 g/mol. The van der Waals surface area contributed by atoms with Crippen LogP contribution in [0.5, 0.6) is 0 Å². The summed E-state index contributed by atoms with van der Waals surface area (Å²) in [6, 6.07) is 4.03. The second-order valence-electron chi connectivity index (χ2n) is 5.95. The van der Waals surface area contributed by atoms with Crippen LogP contribution < -0.4 is 5.32 Å². The summed E-state index contributed by atoms with van der Waals surface area (Å²) in [4.78, 5) is 23.6. The van der Waals surface area contributed by atoms with Crippen LogP contribution >= 0.6 is 0 Å². The van der Waals surface area contributed by atoms with Crippen LogP contribution in [-0.4, -0.2) is 18.5 Å². The molecule has 118 valence electrons. The van der Waals surface area contributed by atoms with Gasteiger partial charge in [0, 0.05) is 5.69 Å². The van der Waals surface area contributed by atoms with Gasteiger partial charge in [-0.3, -0.25) is 9.59 Å². The summed E-state index contributed by atoms with van der Waals surface area (Å²) in [7, 11) is 0. The number of hydrogen-bond acceptors (Lipinski definition) is 3. The second-order valence-corrected chi connectivity index (χ2v) is 5.95. The van der Waals surface area contributed by atoms with Gasteiger partial charge in [0.1, 0.15) is 0 Å². The molecule has 1 aliphatic rings. The minimum absolute atomic E-state index is 0.234. The van der Waals surface area contributed by atoms with Crippen molar-refractivity contribution < 1.29 is 14.3 Å². The summed E-state index contributed by atoms with van der Waals surface area (Å²) in [6.07, 6.45) is 6.48. The fourth-order valence-electron chi connectivity index (χ4n) is 2.84. The normalized spacial score (nSPS) is 16.6. The van der Waals surface area contributed by atoms with Crippen LogP contribution in [-0.2, 0) is 14.3 Å². The first-order valence-corrected chi connectivity index (χ1v) is 7.65. The van der Waals surface area contributed by atoms with Crippen molar-refractivity contribution in [3.05, 3.63) is 41.0 Å². The molecule has 0 fully saturated rings. The number of amides is 1. The van der Waals surface area contributed by atoms with Crippen molar-refractivity contribution in [3.63, 3.8) is 0 Å². The van der Waals surface area contributed by atoms with Crippen molar-refractivity contribution in [2.24, 2.45) is 5.92 Å². The van der Waals surface area contributed by atoms with Gasteiger partial charge >= 0.3 is 5.97 Å². The number of allylic oxidation sites excluding steroid dienone is 2. The molecule has 1 amide bonds. The molecular weight excluding hydrogens is 278 g/mol. The summed E-state index contributed by atoms with van der Waals surface area (Å²) in [5.41, 5.74) is 3.97. The standard InChI is InChI=1S/C18H23NO3/c1-12-8-13(2)18(14(3)9-12)19-16(20)11-22-17(21)10-15-6-4-5-7-15/h4,6,8-9,15H,5,7,10-11H2,1-3H3,(H,19,20)/t15-/m0/s1. The van der Waals surface area contributed by atoms with Gasteiger partial charge in [-0.05, 0) is 50.7 Å². The summed E-state index contributed by atoms with van der Waals surface area (Å²) in [6.45, 7) is 5.69. The highest BCUT2D eigenvalue weighted by Crippen LogP contribution is 2.22. The molecule has 0 aromatic heterocycles. The van der Waals surface area contributed by atoms with Crippen molar-refractivity contribution in [1.82, 2.24) is 0 Å². The summed E-state index contributed by atoms with van der Waals surface area (Å²) < 4.78 is 5.06. The Balaban J connectivity index is 1.83. The van der Waals surface area contributed by atoms with Gasteiger partial charge in [-0.2, -0.15) is 0 Å². The van der Waals surface area contributed by atoms with Gasteiger partial charge in [0.2, 0.25) is 0 Å². The van der Waals surface area contributed by atoms with Crippen molar-refractivity contribution in [2.45, 2.75) is 40.0 Å². The molecular formula is C18H23NO3. The van der Waals surface area contributed by atoms with E-state index in [0.717, 1.165) is 35.2 Å². The Morgan fingerprint density at radius 3 is 2.50 bits per heavy atom. The maximum atomic E-state index is 11.9. The van der Waals surface area contributed by atoms with E-state index in [1.54, 1.807) is 0 Å². The summed E-state index contributed by atoms with van der Waals surface area (Å²) in [5, 5.41) is 2.82. The van der Waals surface area contributed by atoms with Crippen LogP contribution in [0.3, 0.4) is 0 Å². The van der Waals surface area contributed by atoms with Gasteiger partial charge in [0.25, 0.3) is 5.91 Å². The van der Waals surface area contributed by atoms with Crippen LogP contribution in [0.2, 0.25) is 0 Å². The molecule has 2 rings (SSSR count). The number of nitrogens with one attached hydrogen (secondary N) is 1. The SMILES string of the molecule is Cc1cc(C)c(NC(=O)COC(=O)C[C@H]2C=CCC2)c(C)c1. The van der Waals surface area contributed by atoms with Crippen molar-refractivity contribution in [3.8, 4) is 0 Å². The van der Waals surface area contributed by atoms with Gasteiger partial charge in [0.15, 0.2) is 6.61 Å². The highest BCUT2D eigenvalue weighted by Gasteiger charge is 2.16. The molecule has 0 saturated carbocycles. The Morgan fingerprint density at radius 2 is 1.91 bits per heavy atom. The quantitative estimate of drug-likeness (QED) is 0.669. The highest BCUT2D eigenvalue weighted by molar-refractivity contribution is 5.94. The van der Waals surface area contributed by atoms with Crippen LogP contribution in [0, 0.1) is 26.7 Å². The predicted molar refractivity (Wildman–Crippen MR) is 86.7 cm³/mol. The molecule has 4 heteroatoms. The van der Waals surface area contributed by atoms with E-state index >= 15 is 0 Å². The molecule has 0 heterocycles. The highest BCUT2D eigenvalue weighted by atomic mass is 16.5. The lowest BCUT2D eigenvalue weighted by molar-refractivity contribution is -0.147. The molecule has 1 atom stereocenters. The van der Waals surface area contributed by atoms with E-state index in [1.807, 2.05) is 39.0 Å². The van der Waals surface area contributed by atoms with Gasteiger partial charge in [0.05, 0.1) is 6.42 Å². The molecule has 22 heavy (non-hydrogen) atoms. The topological polar surface area (TPSA) is 55.4 Å². The molecule has 1 N–H and O–H groups in total. The first kappa shape index (κ1) is 16.3.